The zero-order valence-electron chi connectivity index (χ0n) is 15.3. The van der Waals surface area contributed by atoms with Crippen LogP contribution in [-0.2, 0) is 12.4 Å². The lowest BCUT2D eigenvalue weighted by molar-refractivity contribution is -0.138. The zero-order chi connectivity index (χ0) is 23.6. The average Bonchev–Trinajstić information content (AvgIpc) is 3.19. The summed E-state index contributed by atoms with van der Waals surface area (Å²) in [4.78, 5) is 18.2. The normalized spacial score (nSPS) is 14.0. The minimum atomic E-state index is -4.83. The van der Waals surface area contributed by atoms with Gasteiger partial charge in [0.2, 0.25) is 0 Å². The molecular formula is C20H8F8N2O2. The summed E-state index contributed by atoms with van der Waals surface area (Å²) in [6, 6.07) is 2.91. The number of nitrogens with one attached hydrogen (secondary N) is 1. The van der Waals surface area contributed by atoms with Gasteiger partial charge in [0, 0.05) is 11.1 Å². The molecule has 0 saturated carbocycles. The summed E-state index contributed by atoms with van der Waals surface area (Å²) >= 11 is 0. The molecule has 32 heavy (non-hydrogen) atoms. The van der Waals surface area contributed by atoms with Crippen LogP contribution in [0.25, 0.3) is 11.3 Å². The predicted octanol–water partition coefficient (Wildman–Crippen LogP) is 5.69. The summed E-state index contributed by atoms with van der Waals surface area (Å²) in [5.74, 6) is -4.65. The van der Waals surface area contributed by atoms with Crippen LogP contribution in [0.2, 0.25) is 0 Å². The van der Waals surface area contributed by atoms with Crippen LogP contribution in [0, 0.1) is 11.6 Å². The summed E-state index contributed by atoms with van der Waals surface area (Å²) in [6.07, 6.45) is -9.66. The van der Waals surface area contributed by atoms with Gasteiger partial charge in [-0.1, -0.05) is 0 Å². The standard InChI is InChI=1S/C20H8F8N2O2/c21-11-5-7(19(23,24)25)1-3-9(11)15-13-14(18(32)29-15)16(30-17(13)31)10-4-2-8(6-12(10)22)20(26,27)28/h1-6,29,32H. The number of rotatable bonds is 2. The Balaban J connectivity index is 1.83. The topological polar surface area (TPSA) is 65.4 Å². The average molecular weight is 460 g/mol. The van der Waals surface area contributed by atoms with Gasteiger partial charge in [-0.05, 0) is 36.4 Å². The van der Waals surface area contributed by atoms with Crippen LogP contribution in [0.5, 0.6) is 5.88 Å². The van der Waals surface area contributed by atoms with E-state index in [1.807, 2.05) is 0 Å². The number of fused-ring (bicyclic) bond motifs is 1. The van der Waals surface area contributed by atoms with Gasteiger partial charge in [0.05, 0.1) is 33.7 Å². The smallest absolute Gasteiger partial charge is 0.416 e. The molecule has 166 valence electrons. The second-order valence-corrected chi connectivity index (χ2v) is 6.75. The van der Waals surface area contributed by atoms with Crippen molar-refractivity contribution in [2.75, 3.05) is 0 Å². The molecule has 0 atom stereocenters. The molecule has 1 aliphatic rings. The van der Waals surface area contributed by atoms with E-state index in [-0.39, 0.29) is 12.1 Å². The minimum absolute atomic E-state index is 0.181. The highest BCUT2D eigenvalue weighted by atomic mass is 19.4. The van der Waals surface area contributed by atoms with Crippen molar-refractivity contribution in [2.24, 2.45) is 4.99 Å². The van der Waals surface area contributed by atoms with Gasteiger partial charge in [-0.25, -0.2) is 13.8 Å². The van der Waals surface area contributed by atoms with Crippen LogP contribution in [0.15, 0.2) is 41.4 Å². The number of hydrogen-bond donors (Lipinski definition) is 2. The molecule has 2 N–H and O–H groups in total. The Morgan fingerprint density at radius 1 is 0.781 bits per heavy atom. The van der Waals surface area contributed by atoms with E-state index in [9.17, 15) is 45.0 Å². The monoisotopic (exact) mass is 460 g/mol. The first kappa shape index (κ1) is 21.5. The van der Waals surface area contributed by atoms with E-state index in [1.165, 1.54) is 0 Å². The molecule has 12 heteroatoms. The van der Waals surface area contributed by atoms with Crippen LogP contribution < -0.4 is 0 Å². The number of aromatic nitrogens is 1. The predicted molar refractivity (Wildman–Crippen MR) is 94.2 cm³/mol. The van der Waals surface area contributed by atoms with E-state index in [0.29, 0.717) is 18.2 Å². The second-order valence-electron chi connectivity index (χ2n) is 6.75. The largest absolute Gasteiger partial charge is 0.494 e. The van der Waals surface area contributed by atoms with E-state index in [4.69, 9.17) is 0 Å². The lowest BCUT2D eigenvalue weighted by Crippen LogP contribution is -2.09. The molecule has 0 saturated heterocycles. The fourth-order valence-corrected chi connectivity index (χ4v) is 3.32. The molecule has 2 heterocycles. The van der Waals surface area contributed by atoms with Crippen molar-refractivity contribution in [3.63, 3.8) is 0 Å². The van der Waals surface area contributed by atoms with Crippen molar-refractivity contribution in [3.05, 3.63) is 75.8 Å². The maximum absolute atomic E-state index is 14.4. The number of H-pyrrole nitrogens is 1. The van der Waals surface area contributed by atoms with E-state index >= 15 is 0 Å². The lowest BCUT2D eigenvalue weighted by atomic mass is 9.98. The molecule has 1 aliphatic heterocycles. The number of aromatic hydroxyl groups is 1. The van der Waals surface area contributed by atoms with Crippen molar-refractivity contribution in [2.45, 2.75) is 12.4 Å². The fourth-order valence-electron chi connectivity index (χ4n) is 3.32. The number of halogens is 8. The van der Waals surface area contributed by atoms with Crippen LogP contribution in [0.1, 0.15) is 32.6 Å². The molecule has 0 bridgehead atoms. The van der Waals surface area contributed by atoms with Crippen LogP contribution in [0.4, 0.5) is 35.1 Å². The molecule has 1 aromatic heterocycles. The number of amides is 1. The number of aromatic amines is 1. The number of alkyl halides is 6. The fraction of sp³-hybridized carbons (Fsp3) is 0.100. The second kappa shape index (κ2) is 6.90. The van der Waals surface area contributed by atoms with Crippen LogP contribution in [0.3, 0.4) is 0 Å². The Bertz CT molecular complexity index is 1300. The number of hydrogen-bond acceptors (Lipinski definition) is 2. The highest BCUT2D eigenvalue weighted by Crippen LogP contribution is 2.41. The van der Waals surface area contributed by atoms with Crippen molar-refractivity contribution in [1.29, 1.82) is 0 Å². The van der Waals surface area contributed by atoms with Crippen molar-refractivity contribution in [1.82, 2.24) is 4.98 Å². The van der Waals surface area contributed by atoms with Crippen LogP contribution in [-0.4, -0.2) is 21.7 Å². The first-order valence-corrected chi connectivity index (χ1v) is 8.61. The zero-order valence-corrected chi connectivity index (χ0v) is 15.3. The number of carbonyl (C=O) groups excluding carboxylic acids is 1. The number of carbonyl (C=O) groups is 1. The van der Waals surface area contributed by atoms with Crippen molar-refractivity contribution < 1.29 is 45.0 Å². The maximum atomic E-state index is 14.4. The van der Waals surface area contributed by atoms with Gasteiger partial charge in [-0.15, -0.1) is 0 Å². The van der Waals surface area contributed by atoms with E-state index in [2.05, 4.69) is 9.98 Å². The molecule has 4 nitrogen and oxygen atoms in total. The Hall–Kier alpha value is -3.70. The third-order valence-electron chi connectivity index (χ3n) is 4.76. The summed E-state index contributed by atoms with van der Waals surface area (Å²) < 4.78 is 105. The van der Waals surface area contributed by atoms with Gasteiger partial charge >= 0.3 is 12.4 Å². The van der Waals surface area contributed by atoms with E-state index in [0.717, 1.165) is 6.07 Å². The number of benzene rings is 2. The van der Waals surface area contributed by atoms with Gasteiger partial charge in [0.1, 0.15) is 11.6 Å². The highest BCUT2D eigenvalue weighted by Gasteiger charge is 2.37. The highest BCUT2D eigenvalue weighted by molar-refractivity contribution is 6.30. The third kappa shape index (κ3) is 3.41. The molecule has 0 radical (unpaired) electrons. The van der Waals surface area contributed by atoms with Crippen molar-refractivity contribution >= 4 is 11.6 Å². The summed E-state index contributed by atoms with van der Waals surface area (Å²) in [7, 11) is 0. The van der Waals surface area contributed by atoms with Gasteiger partial charge in [0.25, 0.3) is 5.91 Å². The Morgan fingerprint density at radius 2 is 1.28 bits per heavy atom. The quantitative estimate of drug-likeness (QED) is 0.483. The molecule has 1 amide bonds. The summed E-state index contributed by atoms with van der Waals surface area (Å²) in [5, 5.41) is 10.2. The van der Waals surface area contributed by atoms with Crippen LogP contribution >= 0.6 is 0 Å². The molecule has 0 unspecified atom stereocenters. The Labute approximate surface area is 172 Å². The summed E-state index contributed by atoms with van der Waals surface area (Å²) in [5.41, 5.74) is -5.44. The van der Waals surface area contributed by atoms with Gasteiger partial charge < -0.3 is 10.1 Å². The van der Waals surface area contributed by atoms with Gasteiger partial charge in [0.15, 0.2) is 5.88 Å². The SMILES string of the molecule is O=C1N=C(c2ccc(C(F)(F)F)cc2F)c2c(O)[nH]c(-c3ccc(C(F)(F)F)cc3F)c21. The van der Waals surface area contributed by atoms with Gasteiger partial charge in [-0.2, -0.15) is 26.3 Å². The number of nitrogens with zero attached hydrogens (tertiary/aromatic N) is 1. The molecule has 4 rings (SSSR count). The third-order valence-corrected chi connectivity index (χ3v) is 4.76. The lowest BCUT2D eigenvalue weighted by Gasteiger charge is -2.09. The molecule has 0 aliphatic carbocycles. The number of aliphatic imine (C=N–C) groups is 1. The summed E-state index contributed by atoms with van der Waals surface area (Å²) in [6.45, 7) is 0. The minimum Gasteiger partial charge on any atom is -0.494 e. The van der Waals surface area contributed by atoms with E-state index in [1.54, 1.807) is 0 Å². The first-order chi connectivity index (χ1) is 14.8. The molecular weight excluding hydrogens is 452 g/mol. The maximum Gasteiger partial charge on any atom is 0.416 e. The van der Waals surface area contributed by atoms with Gasteiger partial charge in [-0.3, -0.25) is 4.79 Å². The Morgan fingerprint density at radius 3 is 1.75 bits per heavy atom. The molecule has 0 fully saturated rings. The molecule has 3 aromatic rings. The van der Waals surface area contributed by atoms with E-state index < -0.39 is 80.6 Å². The Kier molecular flexibility index (Phi) is 4.64. The van der Waals surface area contributed by atoms with Crippen molar-refractivity contribution in [3.8, 4) is 17.1 Å². The molecule has 2 aromatic carbocycles. The molecule has 0 spiro atoms. The first-order valence-electron chi connectivity index (χ1n) is 8.61.